The molecule has 5 heteroatoms. The first kappa shape index (κ1) is 23.6. The molecule has 0 aliphatic rings. The van der Waals surface area contributed by atoms with Crippen molar-refractivity contribution in [2.45, 2.75) is 39.9 Å². The van der Waals surface area contributed by atoms with Gasteiger partial charge in [-0.3, -0.25) is 0 Å². The van der Waals surface area contributed by atoms with Gasteiger partial charge in [0.2, 0.25) is 0 Å². The van der Waals surface area contributed by atoms with Gasteiger partial charge in [-0.25, -0.2) is 4.39 Å². The Morgan fingerprint density at radius 3 is 1.94 bits per heavy atom. The molecule has 0 heterocycles. The van der Waals surface area contributed by atoms with E-state index in [9.17, 15) is 9.50 Å². The third-order valence-corrected chi connectivity index (χ3v) is 6.00. The Morgan fingerprint density at radius 2 is 1.34 bits per heavy atom. The molecular weight excluding hydrogens is 407 g/mol. The van der Waals surface area contributed by atoms with Gasteiger partial charge in [0, 0.05) is 5.56 Å². The van der Waals surface area contributed by atoms with E-state index < -0.39 is 11.0 Å². The fourth-order valence-corrected chi connectivity index (χ4v) is 3.38. The first-order valence-electron chi connectivity index (χ1n) is 10.5. The monoisotopic (exact) mass is 438 g/mol. The summed E-state index contributed by atoms with van der Waals surface area (Å²) in [7, 11) is 3.17. The molecule has 3 aromatic rings. The van der Waals surface area contributed by atoms with Gasteiger partial charge < -0.3 is 19.3 Å². The standard InChI is InChI=1S/C27H31FO4/c1-26(2,3)27(4,29)24-16-21(32-17-18-7-9-19(30-5)10-8-18)11-13-22(24)23-15-20(31-6)12-14-25(23)28/h7-16,29H,17H2,1-6H3. The van der Waals surface area contributed by atoms with Crippen molar-refractivity contribution in [1.82, 2.24) is 0 Å². The van der Waals surface area contributed by atoms with Crippen LogP contribution in [0.5, 0.6) is 17.2 Å². The molecule has 1 unspecified atom stereocenters. The summed E-state index contributed by atoms with van der Waals surface area (Å²) >= 11 is 0. The average Bonchev–Trinajstić information content (AvgIpc) is 2.77. The van der Waals surface area contributed by atoms with Crippen LogP contribution in [-0.2, 0) is 12.2 Å². The normalized spacial score (nSPS) is 13.4. The maximum Gasteiger partial charge on any atom is 0.131 e. The van der Waals surface area contributed by atoms with E-state index in [4.69, 9.17) is 14.2 Å². The van der Waals surface area contributed by atoms with E-state index in [1.807, 2.05) is 45.0 Å². The molecule has 0 saturated heterocycles. The second-order valence-electron chi connectivity index (χ2n) is 9.01. The van der Waals surface area contributed by atoms with Gasteiger partial charge in [0.15, 0.2) is 0 Å². The lowest BCUT2D eigenvalue weighted by Gasteiger charge is -2.39. The molecule has 32 heavy (non-hydrogen) atoms. The fraction of sp³-hybridized carbons (Fsp3) is 0.333. The minimum Gasteiger partial charge on any atom is -0.497 e. The van der Waals surface area contributed by atoms with Gasteiger partial charge in [-0.2, -0.15) is 0 Å². The molecular formula is C27H31FO4. The van der Waals surface area contributed by atoms with Gasteiger partial charge in [0.25, 0.3) is 0 Å². The van der Waals surface area contributed by atoms with Crippen molar-refractivity contribution >= 4 is 0 Å². The van der Waals surface area contributed by atoms with E-state index in [0.717, 1.165) is 11.3 Å². The Hall–Kier alpha value is -3.05. The molecule has 0 fully saturated rings. The molecule has 0 aliphatic heterocycles. The Balaban J connectivity index is 2.03. The number of hydrogen-bond acceptors (Lipinski definition) is 4. The first-order valence-corrected chi connectivity index (χ1v) is 10.5. The van der Waals surface area contributed by atoms with Crippen LogP contribution in [-0.4, -0.2) is 19.3 Å². The highest BCUT2D eigenvalue weighted by molar-refractivity contribution is 5.71. The Bertz CT molecular complexity index is 1070. The van der Waals surface area contributed by atoms with Crippen LogP contribution in [0.25, 0.3) is 11.1 Å². The minimum absolute atomic E-state index is 0.355. The summed E-state index contributed by atoms with van der Waals surface area (Å²) < 4.78 is 31.3. The van der Waals surface area contributed by atoms with Crippen LogP contribution in [0.4, 0.5) is 4.39 Å². The van der Waals surface area contributed by atoms with Crippen LogP contribution in [0.1, 0.15) is 38.8 Å². The van der Waals surface area contributed by atoms with Crippen molar-refractivity contribution in [3.8, 4) is 28.4 Å². The molecule has 4 nitrogen and oxygen atoms in total. The van der Waals surface area contributed by atoms with Gasteiger partial charge >= 0.3 is 0 Å². The summed E-state index contributed by atoms with van der Waals surface area (Å²) in [4.78, 5) is 0. The average molecular weight is 439 g/mol. The molecule has 0 aliphatic carbocycles. The Morgan fingerprint density at radius 1 is 0.750 bits per heavy atom. The minimum atomic E-state index is -1.25. The number of hydrogen-bond donors (Lipinski definition) is 1. The third-order valence-electron chi connectivity index (χ3n) is 6.00. The van der Waals surface area contributed by atoms with Gasteiger partial charge in [0.1, 0.15) is 29.7 Å². The zero-order chi connectivity index (χ0) is 23.5. The topological polar surface area (TPSA) is 47.9 Å². The summed E-state index contributed by atoms with van der Waals surface area (Å²) in [6.07, 6.45) is 0. The van der Waals surface area contributed by atoms with Crippen molar-refractivity contribution in [3.63, 3.8) is 0 Å². The first-order chi connectivity index (χ1) is 15.1. The van der Waals surface area contributed by atoms with Gasteiger partial charge in [-0.1, -0.05) is 39.0 Å². The Labute approximate surface area is 189 Å². The van der Waals surface area contributed by atoms with E-state index in [0.29, 0.717) is 34.8 Å². The summed E-state index contributed by atoms with van der Waals surface area (Å²) in [6.45, 7) is 7.95. The SMILES string of the molecule is COc1ccc(COc2ccc(-c3cc(OC)ccc3F)c(C(C)(O)C(C)(C)C)c2)cc1. The Kier molecular flexibility index (Phi) is 6.79. The van der Waals surface area contributed by atoms with Crippen molar-refractivity contribution in [2.24, 2.45) is 5.41 Å². The van der Waals surface area contributed by atoms with Crippen molar-refractivity contribution in [3.05, 3.63) is 77.6 Å². The van der Waals surface area contributed by atoms with Crippen LogP contribution < -0.4 is 14.2 Å². The van der Waals surface area contributed by atoms with E-state index in [-0.39, 0.29) is 5.82 Å². The molecule has 0 bridgehead atoms. The van der Waals surface area contributed by atoms with Gasteiger partial charge in [-0.05, 0) is 71.5 Å². The lowest BCUT2D eigenvalue weighted by Crippen LogP contribution is -2.37. The highest BCUT2D eigenvalue weighted by Crippen LogP contribution is 2.45. The van der Waals surface area contributed by atoms with Crippen LogP contribution in [0.15, 0.2) is 60.7 Å². The molecule has 3 aromatic carbocycles. The van der Waals surface area contributed by atoms with Crippen molar-refractivity contribution in [1.29, 1.82) is 0 Å². The van der Waals surface area contributed by atoms with Gasteiger partial charge in [-0.15, -0.1) is 0 Å². The lowest BCUT2D eigenvalue weighted by atomic mass is 9.71. The zero-order valence-corrected chi connectivity index (χ0v) is 19.5. The lowest BCUT2D eigenvalue weighted by molar-refractivity contribution is -0.0466. The number of benzene rings is 3. The second kappa shape index (κ2) is 9.21. The zero-order valence-electron chi connectivity index (χ0n) is 19.5. The number of aliphatic hydroxyl groups is 1. The maximum atomic E-state index is 14.8. The number of halogens is 1. The summed E-state index contributed by atoms with van der Waals surface area (Å²) in [5.74, 6) is 1.53. The summed E-state index contributed by atoms with van der Waals surface area (Å²) in [5, 5.41) is 11.5. The molecule has 0 radical (unpaired) electrons. The van der Waals surface area contributed by atoms with Crippen LogP contribution in [0.3, 0.4) is 0 Å². The number of rotatable bonds is 7. The molecule has 0 spiro atoms. The van der Waals surface area contributed by atoms with E-state index >= 15 is 0 Å². The predicted octanol–water partition coefficient (Wildman–Crippen LogP) is 6.34. The third kappa shape index (κ3) is 4.89. The molecule has 0 aromatic heterocycles. The van der Waals surface area contributed by atoms with E-state index in [1.54, 1.807) is 51.5 Å². The molecule has 1 atom stereocenters. The van der Waals surface area contributed by atoms with E-state index in [1.165, 1.54) is 6.07 Å². The van der Waals surface area contributed by atoms with Crippen LogP contribution >= 0.6 is 0 Å². The smallest absolute Gasteiger partial charge is 0.131 e. The molecule has 3 rings (SSSR count). The van der Waals surface area contributed by atoms with Crippen molar-refractivity contribution in [2.75, 3.05) is 14.2 Å². The largest absolute Gasteiger partial charge is 0.497 e. The quantitative estimate of drug-likeness (QED) is 0.467. The summed E-state index contributed by atoms with van der Waals surface area (Å²) in [5.41, 5.74) is 0.772. The predicted molar refractivity (Wildman–Crippen MR) is 125 cm³/mol. The molecule has 170 valence electrons. The number of methoxy groups -OCH3 is 2. The number of ether oxygens (including phenoxy) is 3. The second-order valence-corrected chi connectivity index (χ2v) is 9.01. The highest BCUT2D eigenvalue weighted by Gasteiger charge is 2.39. The van der Waals surface area contributed by atoms with Gasteiger partial charge in [0.05, 0.1) is 19.8 Å². The molecule has 0 saturated carbocycles. The van der Waals surface area contributed by atoms with Crippen LogP contribution in [0.2, 0.25) is 0 Å². The van der Waals surface area contributed by atoms with Crippen LogP contribution in [0, 0.1) is 11.2 Å². The molecule has 1 N–H and O–H groups in total. The fourth-order valence-electron chi connectivity index (χ4n) is 3.38. The van der Waals surface area contributed by atoms with Crippen molar-refractivity contribution < 1.29 is 23.7 Å². The highest BCUT2D eigenvalue weighted by atomic mass is 19.1. The summed E-state index contributed by atoms with van der Waals surface area (Å²) in [6, 6.07) is 17.6. The van der Waals surface area contributed by atoms with E-state index in [2.05, 4.69) is 0 Å². The maximum absolute atomic E-state index is 14.8. The molecule has 0 amide bonds.